The topological polar surface area (TPSA) is 84.6 Å². The van der Waals surface area contributed by atoms with Gasteiger partial charge in [0.1, 0.15) is 6.10 Å². The van der Waals surface area contributed by atoms with Crippen LogP contribution in [0.2, 0.25) is 0 Å². The van der Waals surface area contributed by atoms with Gasteiger partial charge in [-0.05, 0) is 25.2 Å². The lowest BCUT2D eigenvalue weighted by Crippen LogP contribution is -2.48. The van der Waals surface area contributed by atoms with Crippen LogP contribution in [0.3, 0.4) is 0 Å². The van der Waals surface area contributed by atoms with Crippen molar-refractivity contribution in [3.63, 3.8) is 0 Å². The largest absolute Gasteiger partial charge is 0.382 e. The molecular formula is C15H29ClN2O3. The maximum Gasteiger partial charge on any atom is 0.250 e. The standard InChI is InChI=1S/C15H28N2O3.ClH/c16-13(9-11-5-2-1-3-6-11)14(18)15(19)17-10-12-7-4-8-20-12;/h11-14,18H,1-10,16H2,(H,17,19);1H/t12?,13-,14?;/m1./s1. The molecule has 4 N–H and O–H groups in total. The Morgan fingerprint density at radius 1 is 1.24 bits per heavy atom. The number of carbonyl (C=O) groups is 1. The first-order valence-electron chi connectivity index (χ1n) is 8.00. The van der Waals surface area contributed by atoms with Gasteiger partial charge in [0.05, 0.1) is 6.10 Å². The average molecular weight is 321 g/mol. The van der Waals surface area contributed by atoms with Crippen molar-refractivity contribution in [1.82, 2.24) is 5.32 Å². The van der Waals surface area contributed by atoms with Crippen LogP contribution in [0.15, 0.2) is 0 Å². The minimum atomic E-state index is -1.10. The SMILES string of the molecule is Cl.N[C@H](CC1CCCCC1)C(O)C(=O)NCC1CCCO1. The number of hydrogen-bond acceptors (Lipinski definition) is 4. The number of hydrogen-bond donors (Lipinski definition) is 3. The molecule has 124 valence electrons. The van der Waals surface area contributed by atoms with Gasteiger partial charge in [0.25, 0.3) is 5.91 Å². The molecule has 1 aliphatic carbocycles. The van der Waals surface area contributed by atoms with Crippen LogP contribution in [-0.2, 0) is 9.53 Å². The van der Waals surface area contributed by atoms with Crippen molar-refractivity contribution in [3.8, 4) is 0 Å². The summed E-state index contributed by atoms with van der Waals surface area (Å²) in [5.74, 6) is 0.211. The zero-order chi connectivity index (χ0) is 14.4. The van der Waals surface area contributed by atoms with Gasteiger partial charge in [-0.2, -0.15) is 0 Å². The molecule has 21 heavy (non-hydrogen) atoms. The van der Waals surface area contributed by atoms with E-state index in [1.54, 1.807) is 0 Å². The summed E-state index contributed by atoms with van der Waals surface area (Å²) in [5, 5.41) is 12.8. The third-order valence-electron chi connectivity index (χ3n) is 4.53. The van der Waals surface area contributed by atoms with Crippen LogP contribution in [0.5, 0.6) is 0 Å². The number of rotatable bonds is 6. The smallest absolute Gasteiger partial charge is 0.250 e. The predicted molar refractivity (Wildman–Crippen MR) is 84.4 cm³/mol. The summed E-state index contributed by atoms with van der Waals surface area (Å²) < 4.78 is 5.44. The maximum atomic E-state index is 11.9. The van der Waals surface area contributed by atoms with Crippen LogP contribution < -0.4 is 11.1 Å². The van der Waals surface area contributed by atoms with E-state index in [4.69, 9.17) is 10.5 Å². The molecule has 5 nitrogen and oxygen atoms in total. The molecule has 1 saturated carbocycles. The molecule has 3 atom stereocenters. The van der Waals surface area contributed by atoms with Gasteiger partial charge in [-0.1, -0.05) is 32.1 Å². The quantitative estimate of drug-likeness (QED) is 0.690. The predicted octanol–water partition coefficient (Wildman–Crippen LogP) is 1.36. The minimum absolute atomic E-state index is 0. The summed E-state index contributed by atoms with van der Waals surface area (Å²) >= 11 is 0. The number of halogens is 1. The molecule has 2 unspecified atom stereocenters. The lowest BCUT2D eigenvalue weighted by molar-refractivity contribution is -0.131. The van der Waals surface area contributed by atoms with Crippen molar-refractivity contribution in [2.24, 2.45) is 11.7 Å². The fourth-order valence-corrected chi connectivity index (χ4v) is 3.26. The average Bonchev–Trinajstić information content (AvgIpc) is 2.98. The van der Waals surface area contributed by atoms with Gasteiger partial charge in [-0.3, -0.25) is 4.79 Å². The van der Waals surface area contributed by atoms with Crippen molar-refractivity contribution in [3.05, 3.63) is 0 Å². The first-order chi connectivity index (χ1) is 9.66. The normalized spacial score (nSPS) is 25.9. The second kappa shape index (κ2) is 9.62. The van der Waals surface area contributed by atoms with E-state index in [1.165, 1.54) is 32.1 Å². The van der Waals surface area contributed by atoms with E-state index in [0.717, 1.165) is 25.9 Å². The first-order valence-corrected chi connectivity index (χ1v) is 8.00. The lowest BCUT2D eigenvalue weighted by Gasteiger charge is -2.26. The Hall–Kier alpha value is -0.360. The highest BCUT2D eigenvalue weighted by atomic mass is 35.5. The third-order valence-corrected chi connectivity index (χ3v) is 4.53. The van der Waals surface area contributed by atoms with Gasteiger partial charge in [0.15, 0.2) is 0 Å². The van der Waals surface area contributed by atoms with Crippen molar-refractivity contribution in [2.75, 3.05) is 13.2 Å². The molecule has 0 aromatic rings. The van der Waals surface area contributed by atoms with Crippen LogP contribution in [0.1, 0.15) is 51.4 Å². The Kier molecular flexibility index (Phi) is 8.56. The second-order valence-corrected chi connectivity index (χ2v) is 6.23. The van der Waals surface area contributed by atoms with Gasteiger partial charge >= 0.3 is 0 Å². The Morgan fingerprint density at radius 3 is 2.57 bits per heavy atom. The van der Waals surface area contributed by atoms with Gasteiger partial charge in [0.2, 0.25) is 0 Å². The molecule has 1 saturated heterocycles. The highest BCUT2D eigenvalue weighted by Gasteiger charge is 2.27. The molecule has 2 aliphatic rings. The van der Waals surface area contributed by atoms with Crippen LogP contribution >= 0.6 is 12.4 Å². The van der Waals surface area contributed by atoms with Crippen molar-refractivity contribution >= 4 is 18.3 Å². The van der Waals surface area contributed by atoms with E-state index in [9.17, 15) is 9.90 Å². The van der Waals surface area contributed by atoms with Crippen molar-refractivity contribution in [2.45, 2.75) is 69.6 Å². The molecule has 0 spiro atoms. The Balaban J connectivity index is 0.00000220. The van der Waals surface area contributed by atoms with E-state index >= 15 is 0 Å². The monoisotopic (exact) mass is 320 g/mol. The van der Waals surface area contributed by atoms with Gasteiger partial charge < -0.3 is 20.9 Å². The Morgan fingerprint density at radius 2 is 1.95 bits per heavy atom. The molecule has 1 aliphatic heterocycles. The molecule has 2 fully saturated rings. The summed E-state index contributed by atoms with van der Waals surface area (Å²) in [6, 6.07) is -0.456. The number of nitrogens with two attached hydrogens (primary N) is 1. The number of amides is 1. The third kappa shape index (κ3) is 6.10. The molecular weight excluding hydrogens is 292 g/mol. The summed E-state index contributed by atoms with van der Waals surface area (Å²) in [6.07, 6.45) is 7.92. The number of carbonyl (C=O) groups excluding carboxylic acids is 1. The minimum Gasteiger partial charge on any atom is -0.382 e. The molecule has 0 radical (unpaired) electrons. The molecule has 0 aromatic heterocycles. The fourth-order valence-electron chi connectivity index (χ4n) is 3.26. The summed E-state index contributed by atoms with van der Waals surface area (Å²) in [6.45, 7) is 1.25. The zero-order valence-electron chi connectivity index (χ0n) is 12.6. The summed E-state index contributed by atoms with van der Waals surface area (Å²) in [7, 11) is 0. The fraction of sp³-hybridized carbons (Fsp3) is 0.933. The molecule has 0 bridgehead atoms. The van der Waals surface area contributed by atoms with Crippen LogP contribution in [0.25, 0.3) is 0 Å². The number of nitrogens with one attached hydrogen (secondary N) is 1. The highest BCUT2D eigenvalue weighted by Crippen LogP contribution is 2.27. The number of ether oxygens (including phenoxy) is 1. The van der Waals surface area contributed by atoms with E-state index in [-0.39, 0.29) is 24.4 Å². The molecule has 2 rings (SSSR count). The summed E-state index contributed by atoms with van der Waals surface area (Å²) in [5.41, 5.74) is 5.99. The van der Waals surface area contributed by atoms with E-state index in [0.29, 0.717) is 12.5 Å². The Labute approximate surface area is 133 Å². The zero-order valence-corrected chi connectivity index (χ0v) is 13.4. The van der Waals surface area contributed by atoms with Crippen molar-refractivity contribution in [1.29, 1.82) is 0 Å². The summed E-state index contributed by atoms with van der Waals surface area (Å²) in [4.78, 5) is 11.9. The maximum absolute atomic E-state index is 11.9. The second-order valence-electron chi connectivity index (χ2n) is 6.23. The lowest BCUT2D eigenvalue weighted by atomic mass is 9.84. The highest BCUT2D eigenvalue weighted by molar-refractivity contribution is 5.85. The van der Waals surface area contributed by atoms with E-state index < -0.39 is 12.1 Å². The number of aliphatic hydroxyl groups is 1. The molecule has 1 heterocycles. The van der Waals surface area contributed by atoms with Crippen LogP contribution in [0.4, 0.5) is 0 Å². The van der Waals surface area contributed by atoms with Gasteiger partial charge in [-0.15, -0.1) is 12.4 Å². The molecule has 1 amide bonds. The van der Waals surface area contributed by atoms with Gasteiger partial charge in [0, 0.05) is 19.2 Å². The molecule has 0 aromatic carbocycles. The number of aliphatic hydroxyl groups excluding tert-OH is 1. The van der Waals surface area contributed by atoms with E-state index in [1.807, 2.05) is 0 Å². The van der Waals surface area contributed by atoms with Crippen LogP contribution in [0, 0.1) is 5.92 Å². The Bertz CT molecular complexity index is 305. The molecule has 6 heteroatoms. The first kappa shape index (κ1) is 18.7. The van der Waals surface area contributed by atoms with E-state index in [2.05, 4.69) is 5.32 Å². The van der Waals surface area contributed by atoms with Crippen molar-refractivity contribution < 1.29 is 14.6 Å². The van der Waals surface area contributed by atoms with Gasteiger partial charge in [-0.25, -0.2) is 0 Å². The van der Waals surface area contributed by atoms with Crippen LogP contribution in [-0.4, -0.2) is 42.4 Å².